The largest absolute Gasteiger partial charge is 0.480 e. The number of H-pyrrole nitrogens is 1. The van der Waals surface area contributed by atoms with Crippen molar-refractivity contribution in [3.63, 3.8) is 0 Å². The zero-order valence-electron chi connectivity index (χ0n) is 19.1. The van der Waals surface area contributed by atoms with Gasteiger partial charge < -0.3 is 29.9 Å². The number of nitrogens with zero attached hydrogens (tertiary/aromatic N) is 2. The van der Waals surface area contributed by atoms with Crippen LogP contribution in [0.1, 0.15) is 5.56 Å². The van der Waals surface area contributed by atoms with E-state index in [-0.39, 0.29) is 36.5 Å². The maximum absolute atomic E-state index is 13.4. The first-order valence-electron chi connectivity index (χ1n) is 11.0. The van der Waals surface area contributed by atoms with Gasteiger partial charge in [0.15, 0.2) is 6.04 Å². The van der Waals surface area contributed by atoms with Gasteiger partial charge >= 0.3 is 18.2 Å². The van der Waals surface area contributed by atoms with Crippen LogP contribution in [0.3, 0.4) is 0 Å². The van der Waals surface area contributed by atoms with Gasteiger partial charge in [-0.1, -0.05) is 24.3 Å². The fourth-order valence-electron chi connectivity index (χ4n) is 4.26. The number of alkyl halides is 3. The summed E-state index contributed by atoms with van der Waals surface area (Å²) in [5, 5.41) is 28.4. The Kier molecular flexibility index (Phi) is 7.09. The number of aliphatic hydroxyl groups excluding tert-OH is 1. The first-order valence-corrected chi connectivity index (χ1v) is 11.0. The van der Waals surface area contributed by atoms with Gasteiger partial charge in [-0.15, -0.1) is 0 Å². The summed E-state index contributed by atoms with van der Waals surface area (Å²) in [4.78, 5) is 40.4. The van der Waals surface area contributed by atoms with Crippen molar-refractivity contribution in [1.29, 1.82) is 0 Å². The Morgan fingerprint density at radius 1 is 1.16 bits per heavy atom. The molecular weight excluding hydrogens is 499 g/mol. The Balaban J connectivity index is 1.58. The second-order valence-corrected chi connectivity index (χ2v) is 8.44. The van der Waals surface area contributed by atoms with E-state index in [1.165, 1.54) is 24.3 Å². The number of ether oxygens (including phenoxy) is 1. The molecule has 1 aromatic heterocycles. The molecule has 4 N–H and O–H groups in total. The number of pyridine rings is 1. The van der Waals surface area contributed by atoms with Gasteiger partial charge in [0.1, 0.15) is 6.73 Å². The lowest BCUT2D eigenvalue weighted by Gasteiger charge is -2.26. The number of carbonyl (C=O) groups is 2. The average molecular weight is 521 g/mol. The predicted molar refractivity (Wildman–Crippen MR) is 125 cm³/mol. The molecule has 1 aliphatic rings. The van der Waals surface area contributed by atoms with Crippen molar-refractivity contribution in [3.8, 4) is 11.3 Å². The molecule has 4 rings (SSSR count). The highest BCUT2D eigenvalue weighted by Crippen LogP contribution is 2.36. The minimum atomic E-state index is -4.60. The van der Waals surface area contributed by atoms with Crippen molar-refractivity contribution in [3.05, 3.63) is 64.4 Å². The smallest absolute Gasteiger partial charge is 0.417 e. The van der Waals surface area contributed by atoms with Gasteiger partial charge in [0.05, 0.1) is 24.8 Å². The molecule has 1 unspecified atom stereocenters. The lowest BCUT2D eigenvalue weighted by molar-refractivity contribution is -0.144. The molecule has 10 nitrogen and oxygen atoms in total. The number of hydrogen-bond donors (Lipinski definition) is 4. The Hall–Kier alpha value is -4.10. The van der Waals surface area contributed by atoms with Crippen LogP contribution in [0.4, 0.5) is 23.7 Å². The first kappa shape index (κ1) is 26.0. The zero-order valence-corrected chi connectivity index (χ0v) is 19.1. The highest BCUT2D eigenvalue weighted by atomic mass is 19.4. The average Bonchev–Trinajstić information content (AvgIpc) is 3.31. The molecule has 2 heterocycles. The van der Waals surface area contributed by atoms with E-state index in [2.05, 4.69) is 4.98 Å². The number of halogens is 3. The maximum atomic E-state index is 13.4. The lowest BCUT2D eigenvalue weighted by Crippen LogP contribution is -2.50. The number of rotatable bonds is 7. The predicted octanol–water partition coefficient (Wildman–Crippen LogP) is 2.80. The molecule has 1 saturated heterocycles. The van der Waals surface area contributed by atoms with Crippen molar-refractivity contribution in [2.75, 3.05) is 31.3 Å². The monoisotopic (exact) mass is 521 g/mol. The summed E-state index contributed by atoms with van der Waals surface area (Å²) in [7, 11) is 0. The van der Waals surface area contributed by atoms with E-state index >= 15 is 0 Å². The van der Waals surface area contributed by atoms with E-state index in [1.807, 2.05) is 0 Å². The number of amides is 1. The molecule has 37 heavy (non-hydrogen) atoms. The lowest BCUT2D eigenvalue weighted by atomic mass is 10.0. The van der Waals surface area contributed by atoms with Gasteiger partial charge in [-0.3, -0.25) is 9.69 Å². The van der Waals surface area contributed by atoms with Crippen LogP contribution in [0.2, 0.25) is 0 Å². The Bertz CT molecular complexity index is 1390. The molecule has 1 aliphatic heterocycles. The fourth-order valence-corrected chi connectivity index (χ4v) is 4.26. The molecule has 2 aromatic carbocycles. The summed E-state index contributed by atoms with van der Waals surface area (Å²) < 4.78 is 45.9. The molecule has 3 aromatic rings. The molecule has 0 aliphatic carbocycles. The van der Waals surface area contributed by atoms with Crippen molar-refractivity contribution in [1.82, 2.24) is 9.88 Å². The van der Waals surface area contributed by atoms with Crippen LogP contribution in [0.15, 0.2) is 53.3 Å². The molecule has 196 valence electrons. The summed E-state index contributed by atoms with van der Waals surface area (Å²) in [6, 6.07) is 9.53. The summed E-state index contributed by atoms with van der Waals surface area (Å²) in [6.07, 6.45) is -6.83. The topological polar surface area (TPSA) is 143 Å². The van der Waals surface area contributed by atoms with Crippen LogP contribution in [0.5, 0.6) is 0 Å². The Morgan fingerprint density at radius 2 is 1.89 bits per heavy atom. The van der Waals surface area contributed by atoms with E-state index in [4.69, 9.17) is 9.84 Å². The highest BCUT2D eigenvalue weighted by Gasteiger charge is 2.35. The second-order valence-electron chi connectivity index (χ2n) is 8.44. The number of benzene rings is 2. The van der Waals surface area contributed by atoms with Crippen LogP contribution in [0, 0.1) is 0 Å². The molecule has 0 saturated carbocycles. The van der Waals surface area contributed by atoms with Crippen LogP contribution >= 0.6 is 0 Å². The summed E-state index contributed by atoms with van der Waals surface area (Å²) in [5.74, 6) is -1.49. The SMILES string of the molecule is O=C(O)C(CO)N(C[C@@H]1CN(c2ccc3cc(-c4ccccc4C(F)(F)F)[nH]c(=O)c3c2)CO1)C(=O)O. The van der Waals surface area contributed by atoms with Gasteiger partial charge in [-0.2, -0.15) is 13.2 Å². The zero-order chi connectivity index (χ0) is 26.9. The molecular formula is C24H22F3N3O7. The molecule has 0 bridgehead atoms. The van der Waals surface area contributed by atoms with E-state index in [0.717, 1.165) is 6.07 Å². The maximum Gasteiger partial charge on any atom is 0.417 e. The first-order chi connectivity index (χ1) is 17.5. The summed E-state index contributed by atoms with van der Waals surface area (Å²) >= 11 is 0. The van der Waals surface area contributed by atoms with Crippen LogP contribution < -0.4 is 10.5 Å². The van der Waals surface area contributed by atoms with Crippen molar-refractivity contribution < 1.29 is 42.8 Å². The van der Waals surface area contributed by atoms with Crippen molar-refractivity contribution in [2.24, 2.45) is 0 Å². The number of aliphatic hydroxyl groups is 1. The number of aliphatic carboxylic acids is 1. The van der Waals surface area contributed by atoms with E-state index in [9.17, 15) is 37.8 Å². The van der Waals surface area contributed by atoms with Gasteiger partial charge in [-0.05, 0) is 29.7 Å². The van der Waals surface area contributed by atoms with Gasteiger partial charge in [0, 0.05) is 28.9 Å². The Labute approximate surface area is 207 Å². The standard InChI is InChI=1S/C24H22F3N3O7/c25-24(26,27)18-4-2-1-3-16(18)19-7-13-5-6-14(8-17(13)21(32)28-19)29-9-15(37-12-29)10-30(23(35)36)20(11-31)22(33)34/h1-8,15,20,31H,9-12H2,(H,28,32)(H,33,34)(H,35,36)/t15-,20?/m0/s1. The quantitative estimate of drug-likeness (QED) is 0.372. The number of aromatic nitrogens is 1. The number of nitrogens with one attached hydrogen (secondary N) is 1. The van der Waals surface area contributed by atoms with Crippen molar-refractivity contribution in [2.45, 2.75) is 18.3 Å². The minimum absolute atomic E-state index is 0.0216. The van der Waals surface area contributed by atoms with E-state index in [1.54, 1.807) is 23.1 Å². The molecule has 0 radical (unpaired) electrons. The van der Waals surface area contributed by atoms with Gasteiger partial charge in [-0.25, -0.2) is 9.59 Å². The third-order valence-corrected chi connectivity index (χ3v) is 6.09. The fraction of sp³-hybridized carbons (Fsp3) is 0.292. The third kappa shape index (κ3) is 5.37. The van der Waals surface area contributed by atoms with Crippen LogP contribution in [-0.2, 0) is 15.7 Å². The Morgan fingerprint density at radius 3 is 2.54 bits per heavy atom. The highest BCUT2D eigenvalue weighted by molar-refractivity contribution is 5.88. The van der Waals surface area contributed by atoms with E-state index in [0.29, 0.717) is 16.0 Å². The summed E-state index contributed by atoms with van der Waals surface area (Å²) in [6.45, 7) is -1.02. The number of hydrogen-bond acceptors (Lipinski definition) is 6. The number of carboxylic acid groups (broad SMARTS) is 2. The molecule has 1 amide bonds. The van der Waals surface area contributed by atoms with E-state index < -0.39 is 48.1 Å². The number of anilines is 1. The minimum Gasteiger partial charge on any atom is -0.480 e. The molecule has 0 spiro atoms. The number of carboxylic acids is 1. The van der Waals surface area contributed by atoms with Crippen molar-refractivity contribution >= 4 is 28.5 Å². The van der Waals surface area contributed by atoms with Gasteiger partial charge in [0.25, 0.3) is 5.56 Å². The number of aromatic amines is 1. The van der Waals surface area contributed by atoms with Crippen LogP contribution in [0.25, 0.3) is 22.0 Å². The molecule has 1 fully saturated rings. The molecule has 13 heteroatoms. The normalized spacial score (nSPS) is 16.6. The van der Waals surface area contributed by atoms with Gasteiger partial charge in [0.2, 0.25) is 0 Å². The molecule has 2 atom stereocenters. The third-order valence-electron chi connectivity index (χ3n) is 6.09. The summed E-state index contributed by atoms with van der Waals surface area (Å²) in [5.41, 5.74) is -1.05. The number of fused-ring (bicyclic) bond motifs is 1. The second kappa shape index (κ2) is 10.1. The van der Waals surface area contributed by atoms with Crippen LogP contribution in [-0.4, -0.2) is 75.8 Å².